The van der Waals surface area contributed by atoms with Crippen LogP contribution >= 0.6 is 0 Å². The van der Waals surface area contributed by atoms with Crippen LogP contribution < -0.4 is 16.4 Å². The Bertz CT molecular complexity index is 1020. The average molecular weight is 530 g/mol. The molecule has 1 aromatic carbocycles. The van der Waals surface area contributed by atoms with Crippen LogP contribution in [0.5, 0.6) is 0 Å². The van der Waals surface area contributed by atoms with Gasteiger partial charge < -0.3 is 31.3 Å². The first-order chi connectivity index (χ1) is 18.1. The Morgan fingerprint density at radius 3 is 2.03 bits per heavy atom. The van der Waals surface area contributed by atoms with Gasteiger partial charge in [-0.2, -0.15) is 0 Å². The lowest BCUT2D eigenvalue weighted by atomic mass is 10.0. The molecule has 0 saturated carbocycles. The lowest BCUT2D eigenvalue weighted by molar-refractivity contribution is -0.145. The number of carbonyl (C=O) groups is 5. The van der Waals surface area contributed by atoms with E-state index in [4.69, 9.17) is 5.73 Å². The van der Waals surface area contributed by atoms with Crippen molar-refractivity contribution in [2.45, 2.75) is 76.5 Å². The van der Waals surface area contributed by atoms with Crippen LogP contribution in [0, 0.1) is 5.92 Å². The molecule has 0 aromatic heterocycles. The molecule has 11 nitrogen and oxygen atoms in total. The highest BCUT2D eigenvalue weighted by atomic mass is 16.4. The summed E-state index contributed by atoms with van der Waals surface area (Å²) < 4.78 is 0. The summed E-state index contributed by atoms with van der Waals surface area (Å²) in [5.41, 5.74) is 6.34. The topological polar surface area (TPSA) is 162 Å². The third-order valence-electron chi connectivity index (χ3n) is 7.11. The zero-order valence-corrected chi connectivity index (χ0v) is 22.1. The van der Waals surface area contributed by atoms with Gasteiger partial charge in [-0.25, -0.2) is 4.79 Å². The van der Waals surface area contributed by atoms with Gasteiger partial charge in [-0.3, -0.25) is 19.2 Å². The monoisotopic (exact) mass is 529 g/mol. The van der Waals surface area contributed by atoms with Gasteiger partial charge >= 0.3 is 5.97 Å². The summed E-state index contributed by atoms with van der Waals surface area (Å²) in [6.07, 6.45) is 2.60. The molecule has 4 amide bonds. The summed E-state index contributed by atoms with van der Waals surface area (Å²) >= 11 is 0. The van der Waals surface area contributed by atoms with Gasteiger partial charge in [0.25, 0.3) is 0 Å². The average Bonchev–Trinajstić information content (AvgIpc) is 3.57. The second-order valence-corrected chi connectivity index (χ2v) is 10.4. The minimum absolute atomic E-state index is 0.0597. The SMILES string of the molecule is CC(C)CC(NC(=O)C1CCCN1C(=O)C(Cc1ccccc1)NC(=O)C1CCCN1C(=O)CN)C(=O)O. The van der Waals surface area contributed by atoms with Gasteiger partial charge in [-0.15, -0.1) is 0 Å². The summed E-state index contributed by atoms with van der Waals surface area (Å²) in [6.45, 7) is 4.30. The van der Waals surface area contributed by atoms with E-state index < -0.39 is 47.9 Å². The summed E-state index contributed by atoms with van der Waals surface area (Å²) in [4.78, 5) is 67.0. The maximum Gasteiger partial charge on any atom is 0.326 e. The number of nitrogens with one attached hydrogen (secondary N) is 2. The van der Waals surface area contributed by atoms with Gasteiger partial charge in [0.2, 0.25) is 23.6 Å². The fraction of sp³-hybridized carbons (Fsp3) is 0.593. The molecule has 4 atom stereocenters. The summed E-state index contributed by atoms with van der Waals surface area (Å²) in [6, 6.07) is 5.69. The lowest BCUT2D eigenvalue weighted by Gasteiger charge is -2.31. The van der Waals surface area contributed by atoms with E-state index in [-0.39, 0.29) is 31.2 Å². The van der Waals surface area contributed by atoms with Crippen LogP contribution in [-0.4, -0.2) is 88.3 Å². The number of hydrogen-bond donors (Lipinski definition) is 4. The minimum atomic E-state index is -1.12. The number of carboxylic acid groups (broad SMARTS) is 1. The van der Waals surface area contributed by atoms with Crippen LogP contribution in [0.2, 0.25) is 0 Å². The molecule has 2 saturated heterocycles. The van der Waals surface area contributed by atoms with Gasteiger partial charge in [0.1, 0.15) is 24.2 Å². The molecule has 1 aromatic rings. The van der Waals surface area contributed by atoms with Gasteiger partial charge in [-0.1, -0.05) is 44.2 Å². The maximum absolute atomic E-state index is 13.8. The molecule has 0 spiro atoms. The number of nitrogens with zero attached hydrogens (tertiary/aromatic N) is 2. The number of amides is 4. The van der Waals surface area contributed by atoms with Crippen LogP contribution in [-0.2, 0) is 30.4 Å². The Balaban J connectivity index is 1.78. The number of benzene rings is 1. The van der Waals surface area contributed by atoms with Gasteiger partial charge in [0.05, 0.1) is 6.54 Å². The first kappa shape index (κ1) is 29.1. The molecule has 3 rings (SSSR count). The molecule has 2 aliphatic heterocycles. The van der Waals surface area contributed by atoms with E-state index in [1.165, 1.54) is 9.80 Å². The second kappa shape index (κ2) is 13.4. The number of likely N-dealkylation sites (tertiary alicyclic amines) is 2. The molecule has 2 heterocycles. The first-order valence-corrected chi connectivity index (χ1v) is 13.3. The van der Waals surface area contributed by atoms with Crippen molar-refractivity contribution in [3.8, 4) is 0 Å². The van der Waals surface area contributed by atoms with Crippen molar-refractivity contribution in [2.75, 3.05) is 19.6 Å². The fourth-order valence-electron chi connectivity index (χ4n) is 5.24. The highest BCUT2D eigenvalue weighted by Crippen LogP contribution is 2.22. The normalized spacial score (nSPS) is 20.7. The minimum Gasteiger partial charge on any atom is -0.480 e. The van der Waals surface area contributed by atoms with Gasteiger partial charge in [0.15, 0.2) is 0 Å². The molecule has 0 bridgehead atoms. The van der Waals surface area contributed by atoms with E-state index >= 15 is 0 Å². The molecule has 208 valence electrons. The summed E-state index contributed by atoms with van der Waals surface area (Å²) in [5.74, 6) is -2.73. The van der Waals surface area contributed by atoms with Gasteiger partial charge in [0, 0.05) is 19.5 Å². The number of hydrogen-bond acceptors (Lipinski definition) is 6. The second-order valence-electron chi connectivity index (χ2n) is 10.4. The third-order valence-corrected chi connectivity index (χ3v) is 7.11. The predicted octanol–water partition coefficient (Wildman–Crippen LogP) is 0.270. The molecular weight excluding hydrogens is 490 g/mol. The molecule has 38 heavy (non-hydrogen) atoms. The van der Waals surface area contributed by atoms with Crippen molar-refractivity contribution in [3.63, 3.8) is 0 Å². The zero-order valence-electron chi connectivity index (χ0n) is 22.1. The number of carbonyl (C=O) groups excluding carboxylic acids is 4. The molecule has 4 unspecified atom stereocenters. The third kappa shape index (κ3) is 7.31. The number of rotatable bonds is 11. The molecule has 2 aliphatic rings. The van der Waals surface area contributed by atoms with Crippen molar-refractivity contribution >= 4 is 29.6 Å². The molecule has 0 radical (unpaired) electrons. The summed E-state index contributed by atoms with van der Waals surface area (Å²) in [7, 11) is 0. The fourth-order valence-corrected chi connectivity index (χ4v) is 5.24. The Morgan fingerprint density at radius 2 is 1.47 bits per heavy atom. The molecule has 11 heteroatoms. The van der Waals surface area contributed by atoms with Crippen molar-refractivity contribution in [1.82, 2.24) is 20.4 Å². The zero-order chi connectivity index (χ0) is 27.8. The number of aliphatic carboxylic acids is 1. The van der Waals surface area contributed by atoms with E-state index in [1.807, 2.05) is 44.2 Å². The van der Waals surface area contributed by atoms with Crippen LogP contribution in [0.25, 0.3) is 0 Å². The Morgan fingerprint density at radius 1 is 0.921 bits per heavy atom. The Kier molecular flexibility index (Phi) is 10.2. The summed E-state index contributed by atoms with van der Waals surface area (Å²) in [5, 5.41) is 15.0. The largest absolute Gasteiger partial charge is 0.480 e. The number of carboxylic acids is 1. The molecular formula is C27H39N5O6. The van der Waals surface area contributed by atoms with Crippen LogP contribution in [0.3, 0.4) is 0 Å². The molecule has 2 fully saturated rings. The standard InChI is InChI=1S/C27H39N5O6/c1-17(2)14-20(27(37)38)30-25(35)22-11-7-13-32(22)26(36)19(15-18-8-4-3-5-9-18)29-24(34)21-10-6-12-31(21)23(33)16-28/h3-5,8-9,17,19-22H,6-7,10-16,28H2,1-2H3,(H,29,34)(H,30,35)(H,37,38). The molecule has 5 N–H and O–H groups in total. The van der Waals surface area contributed by atoms with Crippen molar-refractivity contribution in [1.29, 1.82) is 0 Å². The van der Waals surface area contributed by atoms with Crippen molar-refractivity contribution in [2.24, 2.45) is 11.7 Å². The smallest absolute Gasteiger partial charge is 0.326 e. The van der Waals surface area contributed by atoms with Crippen LogP contribution in [0.1, 0.15) is 51.5 Å². The van der Waals surface area contributed by atoms with Crippen LogP contribution in [0.4, 0.5) is 0 Å². The Hall–Kier alpha value is -3.47. The first-order valence-electron chi connectivity index (χ1n) is 13.3. The maximum atomic E-state index is 13.8. The quantitative estimate of drug-likeness (QED) is 0.320. The van der Waals surface area contributed by atoms with E-state index in [0.29, 0.717) is 38.8 Å². The number of nitrogens with two attached hydrogens (primary N) is 1. The van der Waals surface area contributed by atoms with E-state index in [1.54, 1.807) is 0 Å². The van der Waals surface area contributed by atoms with Crippen LogP contribution in [0.15, 0.2) is 30.3 Å². The highest BCUT2D eigenvalue weighted by molar-refractivity contribution is 5.95. The predicted molar refractivity (Wildman–Crippen MR) is 140 cm³/mol. The Labute approximate surface area is 223 Å². The molecule has 0 aliphatic carbocycles. The van der Waals surface area contributed by atoms with E-state index in [2.05, 4.69) is 10.6 Å². The van der Waals surface area contributed by atoms with Crippen molar-refractivity contribution < 1.29 is 29.1 Å². The van der Waals surface area contributed by atoms with E-state index in [0.717, 1.165) is 5.56 Å². The van der Waals surface area contributed by atoms with Gasteiger partial charge in [-0.05, 0) is 43.6 Å². The highest BCUT2D eigenvalue weighted by Gasteiger charge is 2.40. The van der Waals surface area contributed by atoms with Crippen molar-refractivity contribution in [3.05, 3.63) is 35.9 Å². The lowest BCUT2D eigenvalue weighted by Crippen LogP contribution is -2.58. The van der Waals surface area contributed by atoms with E-state index in [9.17, 15) is 29.1 Å².